The smallest absolute Gasteiger partial charge is 0.164 e. The third kappa shape index (κ3) is 4.46. The van der Waals surface area contributed by atoms with Crippen LogP contribution in [0.15, 0.2) is 150 Å². The molecule has 0 bridgehead atoms. The Morgan fingerprint density at radius 2 is 1.02 bits per heavy atom. The average molecular weight is 633 g/mol. The summed E-state index contributed by atoms with van der Waals surface area (Å²) in [5.74, 6) is 1.91. The Balaban J connectivity index is 1.12. The maximum Gasteiger partial charge on any atom is 0.164 e. The van der Waals surface area contributed by atoms with Crippen molar-refractivity contribution in [2.24, 2.45) is 0 Å². The van der Waals surface area contributed by atoms with Gasteiger partial charge in [-0.1, -0.05) is 109 Å². The summed E-state index contributed by atoms with van der Waals surface area (Å²) >= 11 is 1.69. The first-order valence-electron chi connectivity index (χ1n) is 15.8. The number of hydrogen-bond donors (Lipinski definition) is 0. The Kier molecular flexibility index (Phi) is 5.98. The zero-order valence-corrected chi connectivity index (χ0v) is 26.3. The first kappa shape index (κ1) is 26.9. The van der Waals surface area contributed by atoms with Crippen LogP contribution in [0.5, 0.6) is 0 Å². The second kappa shape index (κ2) is 10.7. The molecular formula is C42H24N4OS. The molecule has 224 valence electrons. The molecule has 0 aliphatic rings. The summed E-state index contributed by atoms with van der Waals surface area (Å²) in [5, 5.41) is 7.59. The molecule has 0 aliphatic carbocycles. The van der Waals surface area contributed by atoms with Crippen LogP contribution in [0.4, 0.5) is 0 Å². The van der Waals surface area contributed by atoms with E-state index in [9.17, 15) is 0 Å². The lowest BCUT2D eigenvalue weighted by molar-refractivity contribution is 0.672. The molecule has 7 aromatic carbocycles. The summed E-state index contributed by atoms with van der Waals surface area (Å²) in [7, 11) is 0. The molecular weight excluding hydrogens is 609 g/mol. The summed E-state index contributed by atoms with van der Waals surface area (Å²) in [5.41, 5.74) is 6.49. The lowest BCUT2D eigenvalue weighted by Gasteiger charge is -2.10. The molecule has 0 aliphatic heterocycles. The monoisotopic (exact) mass is 632 g/mol. The van der Waals surface area contributed by atoms with Crippen LogP contribution >= 0.6 is 11.3 Å². The summed E-state index contributed by atoms with van der Waals surface area (Å²) < 4.78 is 7.62. The highest BCUT2D eigenvalue weighted by molar-refractivity contribution is 7.21. The largest absolute Gasteiger partial charge is 0.454 e. The van der Waals surface area contributed by atoms with Crippen molar-refractivity contribution in [2.45, 2.75) is 0 Å². The van der Waals surface area contributed by atoms with Gasteiger partial charge in [0, 0.05) is 33.0 Å². The molecule has 48 heavy (non-hydrogen) atoms. The second-order valence-electron chi connectivity index (χ2n) is 11.9. The fraction of sp³-hybridized carbons (Fsp3) is 0. The molecule has 0 fully saturated rings. The van der Waals surface area contributed by atoms with Crippen LogP contribution < -0.4 is 0 Å². The Morgan fingerprint density at radius 1 is 0.417 bits per heavy atom. The van der Waals surface area contributed by atoms with Crippen molar-refractivity contribution in [3.05, 3.63) is 146 Å². The van der Waals surface area contributed by atoms with Gasteiger partial charge in [0.05, 0.1) is 4.70 Å². The first-order valence-corrected chi connectivity index (χ1v) is 16.6. The average Bonchev–Trinajstić information content (AvgIpc) is 3.76. The number of thiazole rings is 1. The lowest BCUT2D eigenvalue weighted by Crippen LogP contribution is -2.00. The van der Waals surface area contributed by atoms with Gasteiger partial charge in [-0.3, -0.25) is 0 Å². The topological polar surface area (TPSA) is 64.7 Å². The van der Waals surface area contributed by atoms with Crippen LogP contribution in [0.2, 0.25) is 0 Å². The number of hydrogen-bond acceptors (Lipinski definition) is 6. The molecule has 10 rings (SSSR count). The van der Waals surface area contributed by atoms with Gasteiger partial charge in [-0.05, 0) is 57.9 Å². The molecule has 3 aromatic heterocycles. The minimum atomic E-state index is 0.628. The van der Waals surface area contributed by atoms with Crippen molar-refractivity contribution in [1.29, 1.82) is 0 Å². The first-order chi connectivity index (χ1) is 23.7. The number of rotatable bonds is 4. The highest BCUT2D eigenvalue weighted by atomic mass is 32.1. The van der Waals surface area contributed by atoms with Crippen molar-refractivity contribution in [2.75, 3.05) is 0 Å². The molecule has 0 saturated heterocycles. The van der Waals surface area contributed by atoms with Crippen molar-refractivity contribution in [3.8, 4) is 44.7 Å². The fourth-order valence-corrected chi connectivity index (χ4v) is 7.46. The van der Waals surface area contributed by atoms with Crippen LogP contribution in [0.1, 0.15) is 0 Å². The van der Waals surface area contributed by atoms with Crippen LogP contribution in [0, 0.1) is 0 Å². The van der Waals surface area contributed by atoms with Crippen LogP contribution in [-0.2, 0) is 0 Å². The molecule has 0 spiro atoms. The van der Waals surface area contributed by atoms with E-state index in [0.717, 1.165) is 75.6 Å². The van der Waals surface area contributed by atoms with E-state index in [1.165, 1.54) is 5.39 Å². The highest BCUT2D eigenvalue weighted by Gasteiger charge is 2.17. The van der Waals surface area contributed by atoms with Gasteiger partial charge in [-0.2, -0.15) is 0 Å². The van der Waals surface area contributed by atoms with Gasteiger partial charge < -0.3 is 4.42 Å². The number of fused-ring (bicyclic) bond motifs is 7. The van der Waals surface area contributed by atoms with Gasteiger partial charge in [0.1, 0.15) is 16.1 Å². The quantitative estimate of drug-likeness (QED) is 0.193. The molecule has 0 radical (unpaired) electrons. The molecule has 0 amide bonds. The van der Waals surface area contributed by atoms with E-state index in [1.54, 1.807) is 11.3 Å². The predicted molar refractivity (Wildman–Crippen MR) is 197 cm³/mol. The van der Waals surface area contributed by atoms with Crippen molar-refractivity contribution in [3.63, 3.8) is 0 Å². The Morgan fingerprint density at radius 3 is 1.77 bits per heavy atom. The fourth-order valence-electron chi connectivity index (χ4n) is 6.49. The lowest BCUT2D eigenvalue weighted by atomic mass is 10.0. The van der Waals surface area contributed by atoms with E-state index in [4.69, 9.17) is 24.4 Å². The van der Waals surface area contributed by atoms with Gasteiger partial charge >= 0.3 is 0 Å². The van der Waals surface area contributed by atoms with Gasteiger partial charge in [-0.25, -0.2) is 19.9 Å². The van der Waals surface area contributed by atoms with Gasteiger partial charge in [0.25, 0.3) is 0 Å². The summed E-state index contributed by atoms with van der Waals surface area (Å²) in [4.78, 5) is 20.0. The zero-order chi connectivity index (χ0) is 31.6. The standard InChI is InChI=1S/C42H24N4OS/c1-3-10-26(11-4-1)39-44-40(30-17-15-25-9-7-8-14-28(25)21-30)46-41(45-39)31-18-16-29-24-35-34(23-32(29)22-31)33-19-20-36-37(38(33)47-35)43-42(48-36)27-12-5-2-6-13-27/h1-24H. The van der Waals surface area contributed by atoms with Crippen molar-refractivity contribution < 1.29 is 4.42 Å². The van der Waals surface area contributed by atoms with E-state index >= 15 is 0 Å². The van der Waals surface area contributed by atoms with Crippen LogP contribution in [0.3, 0.4) is 0 Å². The maximum absolute atomic E-state index is 6.51. The zero-order valence-electron chi connectivity index (χ0n) is 25.5. The molecule has 5 nitrogen and oxygen atoms in total. The third-order valence-corrected chi connectivity index (χ3v) is 9.98. The van der Waals surface area contributed by atoms with E-state index in [-0.39, 0.29) is 0 Å². The number of furan rings is 1. The minimum Gasteiger partial charge on any atom is -0.454 e. The molecule has 0 saturated carbocycles. The Bertz CT molecular complexity index is 2840. The van der Waals surface area contributed by atoms with Crippen LogP contribution in [0.25, 0.3) is 98.4 Å². The molecule has 0 atom stereocenters. The summed E-state index contributed by atoms with van der Waals surface area (Å²) in [6.07, 6.45) is 0. The number of aromatic nitrogens is 4. The second-order valence-corrected chi connectivity index (χ2v) is 13.0. The minimum absolute atomic E-state index is 0.628. The summed E-state index contributed by atoms with van der Waals surface area (Å²) in [6.45, 7) is 0. The SMILES string of the molecule is c1ccc(-c2nc(-c3ccc4ccccc4c3)nc(-c3ccc4cc5oc6c(ccc7sc(-c8ccccc8)nc76)c5cc4c3)n2)cc1. The van der Waals surface area contributed by atoms with Gasteiger partial charge in [-0.15, -0.1) is 11.3 Å². The molecule has 0 unspecified atom stereocenters. The molecule has 0 N–H and O–H groups in total. The Hall–Kier alpha value is -6.24. The van der Waals surface area contributed by atoms with Crippen LogP contribution in [-0.4, -0.2) is 19.9 Å². The van der Waals surface area contributed by atoms with E-state index < -0.39 is 0 Å². The van der Waals surface area contributed by atoms with Crippen molar-refractivity contribution in [1.82, 2.24) is 19.9 Å². The van der Waals surface area contributed by atoms with E-state index in [2.05, 4.69) is 97.1 Å². The normalized spacial score (nSPS) is 11.8. The number of benzene rings is 7. The predicted octanol–water partition coefficient (Wildman–Crippen LogP) is 11.4. The third-order valence-electron chi connectivity index (χ3n) is 8.91. The molecule has 6 heteroatoms. The summed E-state index contributed by atoms with van der Waals surface area (Å²) in [6, 6.07) is 50.1. The molecule has 10 aromatic rings. The Labute approximate surface area is 278 Å². The van der Waals surface area contributed by atoms with E-state index in [0.29, 0.717) is 17.5 Å². The maximum atomic E-state index is 6.51. The molecule has 3 heterocycles. The van der Waals surface area contributed by atoms with Gasteiger partial charge in [0.2, 0.25) is 0 Å². The van der Waals surface area contributed by atoms with Gasteiger partial charge in [0.15, 0.2) is 23.1 Å². The number of nitrogens with zero attached hydrogens (tertiary/aromatic N) is 4. The van der Waals surface area contributed by atoms with Crippen molar-refractivity contribution >= 4 is 65.0 Å². The highest BCUT2D eigenvalue weighted by Crippen LogP contribution is 2.40. The van der Waals surface area contributed by atoms with E-state index in [1.807, 2.05) is 48.5 Å².